The molecule has 32 heavy (non-hydrogen) atoms. The van der Waals surface area contributed by atoms with Crippen LogP contribution >= 0.6 is 0 Å². The van der Waals surface area contributed by atoms with E-state index in [1.54, 1.807) is 19.9 Å². The normalized spacial score (nSPS) is 11.1. The Morgan fingerprint density at radius 3 is 1.84 bits per heavy atom. The van der Waals surface area contributed by atoms with E-state index < -0.39 is 50.0 Å². The summed E-state index contributed by atoms with van der Waals surface area (Å²) in [6.45, 7) is 3.19. The molecule has 0 bridgehead atoms. The maximum absolute atomic E-state index is 12.9. The molecule has 0 aliphatic carbocycles. The van der Waals surface area contributed by atoms with Crippen molar-refractivity contribution in [1.82, 2.24) is 4.90 Å². The molecule has 0 fully saturated rings. The Hall–Kier alpha value is -4.59. The fourth-order valence-electron chi connectivity index (χ4n) is 2.76. The lowest BCUT2D eigenvalue weighted by Crippen LogP contribution is -2.25. The molecule has 11 nitrogen and oxygen atoms in total. The van der Waals surface area contributed by atoms with Gasteiger partial charge in [0.15, 0.2) is 11.3 Å². The van der Waals surface area contributed by atoms with E-state index in [0.717, 1.165) is 17.0 Å². The van der Waals surface area contributed by atoms with Crippen LogP contribution in [0.25, 0.3) is 5.76 Å². The van der Waals surface area contributed by atoms with Gasteiger partial charge in [-0.15, -0.1) is 0 Å². The van der Waals surface area contributed by atoms with E-state index in [1.165, 1.54) is 38.4 Å². The number of nitro benzene ring substituents is 2. The Morgan fingerprint density at radius 2 is 1.41 bits per heavy atom. The second kappa shape index (κ2) is 9.48. The van der Waals surface area contributed by atoms with E-state index in [0.29, 0.717) is 11.1 Å². The molecular weight excluding hydrogens is 420 g/mol. The highest BCUT2D eigenvalue weighted by atomic mass is 16.6. The molecule has 0 saturated carbocycles. The third-order valence-corrected chi connectivity index (χ3v) is 4.32. The first-order valence-electron chi connectivity index (χ1n) is 9.06. The van der Waals surface area contributed by atoms with Gasteiger partial charge in [0.05, 0.1) is 15.4 Å². The number of esters is 1. The summed E-state index contributed by atoms with van der Waals surface area (Å²) in [6, 6.07) is 9.28. The molecule has 2 aromatic carbocycles. The average Bonchev–Trinajstić information content (AvgIpc) is 2.72. The summed E-state index contributed by atoms with van der Waals surface area (Å²) in [6.07, 6.45) is 0. The fraction of sp³-hybridized carbons (Fsp3) is 0.190. The summed E-state index contributed by atoms with van der Waals surface area (Å²) >= 11 is 0. The van der Waals surface area contributed by atoms with Crippen molar-refractivity contribution < 1.29 is 24.2 Å². The number of amides is 1. The predicted octanol–water partition coefficient (Wildman–Crippen LogP) is 3.30. The SMILES string of the molecule is Cc1ccc(C(=O)OC(=C(C#N)C(=O)N(C)C)c2ccc(C)cc2[N+](=O)[O-])c([N+](=O)[O-])c1. The van der Waals surface area contributed by atoms with E-state index in [2.05, 4.69) is 0 Å². The molecule has 0 atom stereocenters. The van der Waals surface area contributed by atoms with Gasteiger partial charge in [0.25, 0.3) is 17.3 Å². The van der Waals surface area contributed by atoms with Crippen LogP contribution in [0.2, 0.25) is 0 Å². The molecule has 11 heteroatoms. The van der Waals surface area contributed by atoms with Crippen LogP contribution in [0.15, 0.2) is 42.0 Å². The number of ether oxygens (including phenoxy) is 1. The zero-order valence-electron chi connectivity index (χ0n) is 17.6. The lowest BCUT2D eigenvalue weighted by molar-refractivity contribution is -0.385. The second-order valence-electron chi connectivity index (χ2n) is 6.96. The highest BCUT2D eigenvalue weighted by molar-refractivity contribution is 6.07. The highest BCUT2D eigenvalue weighted by Gasteiger charge is 2.30. The minimum absolute atomic E-state index is 0.296. The van der Waals surface area contributed by atoms with Crippen molar-refractivity contribution in [3.63, 3.8) is 0 Å². The summed E-state index contributed by atoms with van der Waals surface area (Å²) in [4.78, 5) is 47.9. The second-order valence-corrected chi connectivity index (χ2v) is 6.96. The molecule has 164 valence electrons. The Balaban J connectivity index is 2.77. The molecule has 0 aromatic heterocycles. The number of hydrogen-bond donors (Lipinski definition) is 0. The summed E-state index contributed by atoms with van der Waals surface area (Å²) in [5.41, 5.74) is -1.45. The monoisotopic (exact) mass is 438 g/mol. The smallest absolute Gasteiger partial charge is 0.350 e. The first kappa shape index (κ1) is 23.7. The molecule has 0 radical (unpaired) electrons. The van der Waals surface area contributed by atoms with Crippen molar-refractivity contribution in [1.29, 1.82) is 5.26 Å². The highest BCUT2D eigenvalue weighted by Crippen LogP contribution is 2.32. The number of hydrogen-bond acceptors (Lipinski definition) is 8. The molecule has 2 aromatic rings. The van der Waals surface area contributed by atoms with E-state index >= 15 is 0 Å². The van der Waals surface area contributed by atoms with Gasteiger partial charge in [-0.25, -0.2) is 4.79 Å². The third-order valence-electron chi connectivity index (χ3n) is 4.32. The van der Waals surface area contributed by atoms with Crippen LogP contribution in [0.5, 0.6) is 0 Å². The first-order chi connectivity index (χ1) is 15.0. The molecular formula is C21H18N4O7. The third kappa shape index (κ3) is 4.93. The lowest BCUT2D eigenvalue weighted by atomic mass is 10.0. The number of nitro groups is 2. The molecule has 0 N–H and O–H groups in total. The molecule has 0 aliphatic rings. The van der Waals surface area contributed by atoms with Gasteiger partial charge in [-0.3, -0.25) is 25.0 Å². The summed E-state index contributed by atoms with van der Waals surface area (Å²) in [5.74, 6) is -2.79. The lowest BCUT2D eigenvalue weighted by Gasteiger charge is -2.15. The zero-order valence-corrected chi connectivity index (χ0v) is 17.6. The van der Waals surface area contributed by atoms with E-state index in [1.807, 2.05) is 0 Å². The largest absolute Gasteiger partial charge is 0.420 e. The Morgan fingerprint density at radius 1 is 0.938 bits per heavy atom. The predicted molar refractivity (Wildman–Crippen MR) is 112 cm³/mol. The number of carbonyl (C=O) groups is 2. The molecule has 0 unspecified atom stereocenters. The van der Waals surface area contributed by atoms with Crippen molar-refractivity contribution in [3.8, 4) is 6.07 Å². The van der Waals surface area contributed by atoms with Gasteiger partial charge < -0.3 is 9.64 Å². The van der Waals surface area contributed by atoms with Gasteiger partial charge in [0.2, 0.25) is 0 Å². The van der Waals surface area contributed by atoms with E-state index in [4.69, 9.17) is 4.74 Å². The molecule has 2 rings (SSSR count). The Kier molecular flexibility index (Phi) is 7.02. The maximum Gasteiger partial charge on any atom is 0.350 e. The molecule has 1 amide bonds. The van der Waals surface area contributed by atoms with Crippen LogP contribution in [-0.2, 0) is 9.53 Å². The number of aryl methyl sites for hydroxylation is 2. The van der Waals surface area contributed by atoms with Crippen LogP contribution in [-0.4, -0.2) is 40.7 Å². The quantitative estimate of drug-likeness (QED) is 0.166. The number of nitriles is 1. The van der Waals surface area contributed by atoms with Gasteiger partial charge in [-0.1, -0.05) is 12.1 Å². The maximum atomic E-state index is 12.9. The van der Waals surface area contributed by atoms with E-state index in [9.17, 15) is 35.1 Å². The van der Waals surface area contributed by atoms with Crippen LogP contribution in [0, 0.1) is 45.4 Å². The Labute approximate surface area is 182 Å². The van der Waals surface area contributed by atoms with Crippen molar-refractivity contribution in [2.45, 2.75) is 13.8 Å². The zero-order chi connectivity index (χ0) is 24.2. The first-order valence-corrected chi connectivity index (χ1v) is 9.06. The Bertz CT molecular complexity index is 1210. The van der Waals surface area contributed by atoms with Crippen LogP contribution in [0.3, 0.4) is 0 Å². The molecule has 0 heterocycles. The van der Waals surface area contributed by atoms with Gasteiger partial charge >= 0.3 is 5.97 Å². The topological polar surface area (TPSA) is 157 Å². The number of benzene rings is 2. The van der Waals surface area contributed by atoms with Gasteiger partial charge in [-0.2, -0.15) is 5.26 Å². The van der Waals surface area contributed by atoms with E-state index in [-0.39, 0.29) is 5.56 Å². The van der Waals surface area contributed by atoms with Crippen molar-refractivity contribution in [2.24, 2.45) is 0 Å². The number of nitrogens with zero attached hydrogens (tertiary/aromatic N) is 4. The van der Waals surface area contributed by atoms with Crippen LogP contribution < -0.4 is 0 Å². The fourth-order valence-corrected chi connectivity index (χ4v) is 2.76. The van der Waals surface area contributed by atoms with Gasteiger partial charge in [0.1, 0.15) is 11.6 Å². The molecule has 0 saturated heterocycles. The number of likely N-dealkylation sites (N-methyl/N-ethyl adjacent to an activating group) is 1. The van der Waals surface area contributed by atoms with Crippen molar-refractivity contribution in [2.75, 3.05) is 14.1 Å². The number of rotatable bonds is 6. The minimum Gasteiger partial charge on any atom is -0.420 e. The van der Waals surface area contributed by atoms with Crippen LogP contribution in [0.4, 0.5) is 11.4 Å². The van der Waals surface area contributed by atoms with Gasteiger partial charge in [-0.05, 0) is 37.1 Å². The van der Waals surface area contributed by atoms with Gasteiger partial charge in [0, 0.05) is 26.2 Å². The van der Waals surface area contributed by atoms with Crippen LogP contribution in [0.1, 0.15) is 27.0 Å². The summed E-state index contributed by atoms with van der Waals surface area (Å²) in [7, 11) is 2.68. The molecule has 0 aliphatic heterocycles. The standard InChI is InChI=1S/C21H18N4O7/c1-12-5-7-14(17(9-12)24(28)29)19(16(11-22)20(26)23(3)4)32-21(27)15-8-6-13(2)10-18(15)25(30)31/h5-10H,1-4H3. The molecule has 0 spiro atoms. The minimum atomic E-state index is -1.25. The number of carbonyl (C=O) groups excluding carboxylic acids is 2. The summed E-state index contributed by atoms with van der Waals surface area (Å²) < 4.78 is 5.27. The average molecular weight is 438 g/mol. The summed E-state index contributed by atoms with van der Waals surface area (Å²) in [5, 5.41) is 32.6. The van der Waals surface area contributed by atoms with Crippen molar-refractivity contribution in [3.05, 3.63) is 84.5 Å². The van der Waals surface area contributed by atoms with Crippen molar-refractivity contribution >= 4 is 29.0 Å².